The second-order valence-corrected chi connectivity index (χ2v) is 3.71. The molecule has 1 heterocycles. The summed E-state index contributed by atoms with van der Waals surface area (Å²) in [6.07, 6.45) is 1.61. The van der Waals surface area contributed by atoms with Crippen LogP contribution in [0.4, 0.5) is 4.39 Å². The third kappa shape index (κ3) is 1.84. The summed E-state index contributed by atoms with van der Waals surface area (Å²) in [6, 6.07) is 5.64. The van der Waals surface area contributed by atoms with Gasteiger partial charge in [0.15, 0.2) is 0 Å². The fourth-order valence-electron chi connectivity index (χ4n) is 1.38. The van der Waals surface area contributed by atoms with E-state index in [-0.39, 0.29) is 16.3 Å². The highest BCUT2D eigenvalue weighted by Crippen LogP contribution is 2.21. The Morgan fingerprint density at radius 3 is 2.75 bits per heavy atom. The van der Waals surface area contributed by atoms with Crippen molar-refractivity contribution in [2.45, 2.75) is 0 Å². The van der Waals surface area contributed by atoms with Crippen LogP contribution < -0.4 is 0 Å². The summed E-state index contributed by atoms with van der Waals surface area (Å²) in [5.41, 5.74) is 0.0392. The molecule has 0 N–H and O–H groups in total. The number of carbonyl (C=O) groups excluding carboxylic acids is 1. The predicted molar refractivity (Wildman–Crippen MR) is 58.1 cm³/mol. The molecule has 2 aromatic rings. The van der Waals surface area contributed by atoms with E-state index in [4.69, 9.17) is 11.6 Å². The summed E-state index contributed by atoms with van der Waals surface area (Å²) in [6.45, 7) is 0. The van der Waals surface area contributed by atoms with Gasteiger partial charge in [-0.15, -0.1) is 0 Å². The summed E-state index contributed by atoms with van der Waals surface area (Å²) in [4.78, 5) is 11.9. The molecule has 0 aliphatic rings. The van der Waals surface area contributed by atoms with Gasteiger partial charge in [0.2, 0.25) is 5.78 Å². The summed E-state index contributed by atoms with van der Waals surface area (Å²) >= 11 is 5.79. The average molecular weight is 239 g/mol. The maximum atomic E-state index is 13.5. The van der Waals surface area contributed by atoms with Gasteiger partial charge in [-0.2, -0.15) is 5.10 Å². The van der Waals surface area contributed by atoms with Gasteiger partial charge in [-0.1, -0.05) is 17.7 Å². The van der Waals surface area contributed by atoms with E-state index < -0.39 is 11.6 Å². The third-order valence-electron chi connectivity index (χ3n) is 2.14. The Morgan fingerprint density at radius 2 is 2.19 bits per heavy atom. The standard InChI is InChI=1S/C11H8ClFN2O/c1-15-6-5-9(14-15)11(16)10-7(12)3-2-4-8(10)13/h2-6H,1H3. The zero-order chi connectivity index (χ0) is 11.7. The maximum absolute atomic E-state index is 13.5. The minimum Gasteiger partial charge on any atom is -0.287 e. The average Bonchev–Trinajstić information content (AvgIpc) is 2.64. The van der Waals surface area contributed by atoms with Gasteiger partial charge in [-0.05, 0) is 18.2 Å². The van der Waals surface area contributed by atoms with Crippen LogP contribution in [0.15, 0.2) is 30.5 Å². The topological polar surface area (TPSA) is 34.9 Å². The Kier molecular flexibility index (Phi) is 2.75. The fourth-order valence-corrected chi connectivity index (χ4v) is 1.63. The number of benzene rings is 1. The molecule has 5 heteroatoms. The van der Waals surface area contributed by atoms with Gasteiger partial charge in [0.25, 0.3) is 0 Å². The molecular weight excluding hydrogens is 231 g/mol. The fraction of sp³-hybridized carbons (Fsp3) is 0.0909. The quantitative estimate of drug-likeness (QED) is 0.754. The van der Waals surface area contributed by atoms with Gasteiger partial charge in [0.05, 0.1) is 10.6 Å². The SMILES string of the molecule is Cn1ccc(C(=O)c2c(F)cccc2Cl)n1. The van der Waals surface area contributed by atoms with E-state index in [0.29, 0.717) is 0 Å². The summed E-state index contributed by atoms with van der Waals surface area (Å²) < 4.78 is 14.9. The molecular formula is C11H8ClFN2O. The Labute approximate surface area is 96.5 Å². The van der Waals surface area contributed by atoms with Crippen LogP contribution in [0.2, 0.25) is 5.02 Å². The summed E-state index contributed by atoms with van der Waals surface area (Å²) in [7, 11) is 1.68. The molecule has 0 saturated carbocycles. The monoisotopic (exact) mass is 238 g/mol. The number of halogens is 2. The first-order valence-corrected chi connectivity index (χ1v) is 4.96. The largest absolute Gasteiger partial charge is 0.287 e. The van der Waals surface area contributed by atoms with Crippen LogP contribution in [0.3, 0.4) is 0 Å². The molecule has 3 nitrogen and oxygen atoms in total. The van der Waals surface area contributed by atoms with Crippen LogP contribution in [0.25, 0.3) is 0 Å². The van der Waals surface area contributed by atoms with Gasteiger partial charge in [0.1, 0.15) is 11.5 Å². The lowest BCUT2D eigenvalue weighted by Crippen LogP contribution is -2.06. The van der Waals surface area contributed by atoms with Crippen LogP contribution in [0, 0.1) is 5.82 Å². The van der Waals surface area contributed by atoms with Crippen molar-refractivity contribution in [1.29, 1.82) is 0 Å². The van der Waals surface area contributed by atoms with Crippen LogP contribution in [-0.4, -0.2) is 15.6 Å². The lowest BCUT2D eigenvalue weighted by Gasteiger charge is -2.02. The van der Waals surface area contributed by atoms with E-state index in [9.17, 15) is 9.18 Å². The molecule has 16 heavy (non-hydrogen) atoms. The van der Waals surface area contributed by atoms with E-state index in [1.807, 2.05) is 0 Å². The summed E-state index contributed by atoms with van der Waals surface area (Å²) in [5, 5.41) is 4.00. The van der Waals surface area contributed by atoms with Gasteiger partial charge in [-0.25, -0.2) is 4.39 Å². The highest BCUT2D eigenvalue weighted by atomic mass is 35.5. The maximum Gasteiger partial charge on any atom is 0.217 e. The van der Waals surface area contributed by atoms with Gasteiger partial charge in [-0.3, -0.25) is 9.48 Å². The Hall–Kier alpha value is -1.68. The van der Waals surface area contributed by atoms with Crippen molar-refractivity contribution in [3.05, 3.63) is 52.6 Å². The van der Waals surface area contributed by atoms with E-state index in [2.05, 4.69) is 5.10 Å². The van der Waals surface area contributed by atoms with Crippen molar-refractivity contribution >= 4 is 17.4 Å². The second-order valence-electron chi connectivity index (χ2n) is 3.30. The minimum absolute atomic E-state index is 0.0932. The molecule has 82 valence electrons. The molecule has 0 aliphatic carbocycles. The smallest absolute Gasteiger partial charge is 0.217 e. The zero-order valence-electron chi connectivity index (χ0n) is 8.45. The van der Waals surface area contributed by atoms with Crippen molar-refractivity contribution < 1.29 is 9.18 Å². The molecule has 1 aromatic carbocycles. The normalized spacial score (nSPS) is 10.4. The van der Waals surface area contributed by atoms with Crippen LogP contribution >= 0.6 is 11.6 Å². The lowest BCUT2D eigenvalue weighted by atomic mass is 10.1. The third-order valence-corrected chi connectivity index (χ3v) is 2.45. The van der Waals surface area contributed by atoms with Crippen molar-refractivity contribution in [1.82, 2.24) is 9.78 Å². The summed E-state index contributed by atoms with van der Waals surface area (Å²) in [5.74, 6) is -1.15. The Balaban J connectivity index is 2.49. The molecule has 0 radical (unpaired) electrons. The Morgan fingerprint density at radius 1 is 1.44 bits per heavy atom. The Bertz CT molecular complexity index is 530. The van der Waals surface area contributed by atoms with Crippen molar-refractivity contribution in [3.63, 3.8) is 0 Å². The van der Waals surface area contributed by atoms with Gasteiger partial charge in [0, 0.05) is 13.2 Å². The highest BCUT2D eigenvalue weighted by Gasteiger charge is 2.19. The van der Waals surface area contributed by atoms with E-state index in [1.54, 1.807) is 13.2 Å². The first kappa shape index (κ1) is 10.8. The number of carbonyl (C=O) groups is 1. The van der Waals surface area contributed by atoms with Crippen LogP contribution in [0.1, 0.15) is 16.1 Å². The number of nitrogens with zero attached hydrogens (tertiary/aromatic N) is 2. The van der Waals surface area contributed by atoms with E-state index in [0.717, 1.165) is 0 Å². The number of aryl methyl sites for hydroxylation is 1. The minimum atomic E-state index is -0.636. The molecule has 2 rings (SSSR count). The molecule has 1 aromatic heterocycles. The van der Waals surface area contributed by atoms with Crippen molar-refractivity contribution in [3.8, 4) is 0 Å². The molecule has 0 spiro atoms. The van der Waals surface area contributed by atoms with Crippen molar-refractivity contribution in [2.24, 2.45) is 7.05 Å². The lowest BCUT2D eigenvalue weighted by molar-refractivity contribution is 0.103. The molecule has 0 bridgehead atoms. The number of hydrogen-bond acceptors (Lipinski definition) is 2. The highest BCUT2D eigenvalue weighted by molar-refractivity contribution is 6.34. The molecule has 0 unspecified atom stereocenters. The van der Waals surface area contributed by atoms with Gasteiger partial charge >= 0.3 is 0 Å². The number of ketones is 1. The zero-order valence-corrected chi connectivity index (χ0v) is 9.20. The second kappa shape index (κ2) is 4.06. The molecule has 0 amide bonds. The number of rotatable bonds is 2. The van der Waals surface area contributed by atoms with Crippen LogP contribution in [-0.2, 0) is 7.05 Å². The van der Waals surface area contributed by atoms with E-state index >= 15 is 0 Å². The molecule has 0 fully saturated rings. The van der Waals surface area contributed by atoms with Crippen LogP contribution in [0.5, 0.6) is 0 Å². The molecule has 0 atom stereocenters. The molecule has 0 aliphatic heterocycles. The predicted octanol–water partition coefficient (Wildman–Crippen LogP) is 2.44. The molecule has 0 saturated heterocycles. The number of hydrogen-bond donors (Lipinski definition) is 0. The number of aromatic nitrogens is 2. The van der Waals surface area contributed by atoms with Crippen molar-refractivity contribution in [2.75, 3.05) is 0 Å². The van der Waals surface area contributed by atoms with E-state index in [1.165, 1.54) is 28.9 Å². The van der Waals surface area contributed by atoms with Gasteiger partial charge < -0.3 is 0 Å². The first-order chi connectivity index (χ1) is 7.59. The first-order valence-electron chi connectivity index (χ1n) is 4.58.